The van der Waals surface area contributed by atoms with Crippen LogP contribution >= 0.6 is 0 Å². The Morgan fingerprint density at radius 1 is 1.60 bits per heavy atom. The third-order valence-electron chi connectivity index (χ3n) is 1.59. The van der Waals surface area contributed by atoms with Crippen LogP contribution in [0.25, 0.3) is 0 Å². The molecule has 0 bridgehead atoms. The molecule has 0 unspecified atom stereocenters. The third kappa shape index (κ3) is 4.49. The average Bonchev–Trinajstić information content (AvgIpc) is 2.45. The fourth-order valence-corrected chi connectivity index (χ4v) is 1.08. The van der Waals surface area contributed by atoms with Crippen LogP contribution in [0.1, 0.15) is 32.2 Å². The number of nitrogens with zero attached hydrogens (tertiary/aromatic N) is 2. The van der Waals surface area contributed by atoms with Crippen molar-refractivity contribution in [2.45, 2.75) is 39.8 Å². The number of guanidine groups is 1. The summed E-state index contributed by atoms with van der Waals surface area (Å²) in [6.07, 6.45) is 0. The van der Waals surface area contributed by atoms with Crippen molar-refractivity contribution >= 4 is 5.96 Å². The minimum absolute atomic E-state index is 0.0761. The molecule has 1 aromatic heterocycles. The van der Waals surface area contributed by atoms with Crippen molar-refractivity contribution < 1.29 is 4.52 Å². The van der Waals surface area contributed by atoms with Gasteiger partial charge in [0.15, 0.2) is 5.96 Å². The number of hydrogen-bond acceptors (Lipinski definition) is 3. The molecule has 15 heavy (non-hydrogen) atoms. The van der Waals surface area contributed by atoms with E-state index >= 15 is 0 Å². The highest BCUT2D eigenvalue weighted by atomic mass is 16.5. The molecule has 1 rings (SSSR count). The molecule has 0 aliphatic carbocycles. The minimum Gasteiger partial charge on any atom is -0.370 e. The summed E-state index contributed by atoms with van der Waals surface area (Å²) in [6, 6.07) is 1.84. The van der Waals surface area contributed by atoms with E-state index in [0.717, 1.165) is 11.5 Å². The quantitative estimate of drug-likeness (QED) is 0.567. The van der Waals surface area contributed by atoms with Gasteiger partial charge in [0.2, 0.25) is 0 Å². The Morgan fingerprint density at radius 3 is 2.73 bits per heavy atom. The summed E-state index contributed by atoms with van der Waals surface area (Å²) in [6.45, 7) is 8.35. The molecule has 5 nitrogen and oxygen atoms in total. The second-order valence-corrected chi connectivity index (χ2v) is 4.51. The SMILES string of the molecule is Cc1cc(CN=C(N)NC(C)(C)C)no1. The largest absolute Gasteiger partial charge is 0.370 e. The molecule has 0 aliphatic heterocycles. The van der Waals surface area contributed by atoms with Crippen molar-refractivity contribution in [1.82, 2.24) is 10.5 Å². The maximum Gasteiger partial charge on any atom is 0.189 e. The summed E-state index contributed by atoms with van der Waals surface area (Å²) in [5.41, 5.74) is 6.40. The molecule has 5 heteroatoms. The number of aryl methyl sites for hydroxylation is 1. The molecule has 84 valence electrons. The van der Waals surface area contributed by atoms with Gasteiger partial charge in [0.05, 0.1) is 6.54 Å². The van der Waals surface area contributed by atoms with E-state index in [2.05, 4.69) is 15.5 Å². The molecular formula is C10H18N4O. The van der Waals surface area contributed by atoms with E-state index in [1.165, 1.54) is 0 Å². The zero-order chi connectivity index (χ0) is 11.5. The molecular weight excluding hydrogens is 192 g/mol. The summed E-state index contributed by atoms with van der Waals surface area (Å²) in [7, 11) is 0. The first-order valence-corrected chi connectivity index (χ1v) is 4.87. The van der Waals surface area contributed by atoms with E-state index in [9.17, 15) is 0 Å². The second-order valence-electron chi connectivity index (χ2n) is 4.51. The molecule has 0 radical (unpaired) electrons. The van der Waals surface area contributed by atoms with Gasteiger partial charge in [0.1, 0.15) is 11.5 Å². The molecule has 0 amide bonds. The first-order valence-electron chi connectivity index (χ1n) is 4.87. The Labute approximate surface area is 89.7 Å². The number of hydrogen-bond donors (Lipinski definition) is 2. The van der Waals surface area contributed by atoms with Crippen molar-refractivity contribution in [3.05, 3.63) is 17.5 Å². The van der Waals surface area contributed by atoms with Gasteiger partial charge in [-0.25, -0.2) is 4.99 Å². The van der Waals surface area contributed by atoms with Crippen molar-refractivity contribution in [3.63, 3.8) is 0 Å². The molecule has 1 heterocycles. The van der Waals surface area contributed by atoms with Crippen molar-refractivity contribution in [1.29, 1.82) is 0 Å². The van der Waals surface area contributed by atoms with Crippen LogP contribution in [-0.4, -0.2) is 16.7 Å². The van der Waals surface area contributed by atoms with Crippen LogP contribution in [0.3, 0.4) is 0 Å². The second kappa shape index (κ2) is 4.33. The van der Waals surface area contributed by atoms with Crippen molar-refractivity contribution in [2.24, 2.45) is 10.7 Å². The molecule has 0 spiro atoms. The van der Waals surface area contributed by atoms with Gasteiger partial charge in [-0.3, -0.25) is 0 Å². The van der Waals surface area contributed by atoms with E-state index in [-0.39, 0.29) is 5.54 Å². The minimum atomic E-state index is -0.0761. The summed E-state index contributed by atoms with van der Waals surface area (Å²) in [5.74, 6) is 1.20. The van der Waals surface area contributed by atoms with Gasteiger partial charge in [-0.15, -0.1) is 0 Å². The molecule has 0 fully saturated rings. The van der Waals surface area contributed by atoms with Gasteiger partial charge in [0.25, 0.3) is 0 Å². The Morgan fingerprint density at radius 2 is 2.27 bits per heavy atom. The zero-order valence-electron chi connectivity index (χ0n) is 9.66. The molecule has 3 N–H and O–H groups in total. The molecule has 0 aromatic carbocycles. The maximum atomic E-state index is 5.69. The van der Waals surface area contributed by atoms with Crippen LogP contribution in [0.15, 0.2) is 15.6 Å². The van der Waals surface area contributed by atoms with E-state index < -0.39 is 0 Å². The lowest BCUT2D eigenvalue weighted by Gasteiger charge is -2.20. The molecule has 0 aliphatic rings. The number of nitrogens with one attached hydrogen (secondary N) is 1. The highest BCUT2D eigenvalue weighted by molar-refractivity contribution is 5.78. The van der Waals surface area contributed by atoms with Gasteiger partial charge in [-0.05, 0) is 27.7 Å². The summed E-state index contributed by atoms with van der Waals surface area (Å²) < 4.78 is 4.92. The van der Waals surface area contributed by atoms with E-state index in [1.807, 2.05) is 33.8 Å². The lowest BCUT2D eigenvalue weighted by molar-refractivity contribution is 0.391. The lowest BCUT2D eigenvalue weighted by atomic mass is 10.1. The summed E-state index contributed by atoms with van der Waals surface area (Å²) >= 11 is 0. The topological polar surface area (TPSA) is 76.4 Å². The number of nitrogens with two attached hydrogens (primary N) is 1. The molecule has 0 atom stereocenters. The number of rotatable bonds is 2. The van der Waals surface area contributed by atoms with E-state index in [0.29, 0.717) is 12.5 Å². The van der Waals surface area contributed by atoms with E-state index in [1.54, 1.807) is 0 Å². The molecule has 0 saturated carbocycles. The van der Waals surface area contributed by atoms with Crippen molar-refractivity contribution in [3.8, 4) is 0 Å². The first kappa shape index (κ1) is 11.6. The Bertz CT molecular complexity index is 349. The molecule has 1 aromatic rings. The molecule has 0 saturated heterocycles. The fourth-order valence-electron chi connectivity index (χ4n) is 1.08. The van der Waals surface area contributed by atoms with Gasteiger partial charge < -0.3 is 15.6 Å². The van der Waals surface area contributed by atoms with Gasteiger partial charge in [-0.1, -0.05) is 5.16 Å². The first-order chi connectivity index (χ1) is 6.87. The fraction of sp³-hybridized carbons (Fsp3) is 0.600. The Hall–Kier alpha value is -1.52. The van der Waals surface area contributed by atoms with Crippen LogP contribution in [0.5, 0.6) is 0 Å². The third-order valence-corrected chi connectivity index (χ3v) is 1.59. The lowest BCUT2D eigenvalue weighted by Crippen LogP contribution is -2.44. The van der Waals surface area contributed by atoms with Gasteiger partial charge in [-0.2, -0.15) is 0 Å². The number of aliphatic imine (C=N–C) groups is 1. The predicted molar refractivity (Wildman–Crippen MR) is 59.5 cm³/mol. The average molecular weight is 210 g/mol. The smallest absolute Gasteiger partial charge is 0.189 e. The summed E-state index contributed by atoms with van der Waals surface area (Å²) in [4.78, 5) is 4.15. The Kier molecular flexibility index (Phi) is 3.34. The monoisotopic (exact) mass is 210 g/mol. The van der Waals surface area contributed by atoms with Crippen LogP contribution in [0.4, 0.5) is 0 Å². The van der Waals surface area contributed by atoms with Gasteiger partial charge in [0, 0.05) is 11.6 Å². The highest BCUT2D eigenvalue weighted by Crippen LogP contribution is 2.03. The van der Waals surface area contributed by atoms with Gasteiger partial charge >= 0.3 is 0 Å². The maximum absolute atomic E-state index is 5.69. The van der Waals surface area contributed by atoms with Crippen LogP contribution in [-0.2, 0) is 6.54 Å². The normalized spacial score (nSPS) is 12.9. The Balaban J connectivity index is 2.51. The van der Waals surface area contributed by atoms with E-state index in [4.69, 9.17) is 10.3 Å². The predicted octanol–water partition coefficient (Wildman–Crippen LogP) is 1.19. The highest BCUT2D eigenvalue weighted by Gasteiger charge is 2.09. The van der Waals surface area contributed by atoms with Crippen LogP contribution in [0.2, 0.25) is 0 Å². The van der Waals surface area contributed by atoms with Crippen molar-refractivity contribution in [2.75, 3.05) is 0 Å². The zero-order valence-corrected chi connectivity index (χ0v) is 9.66. The van der Waals surface area contributed by atoms with Crippen LogP contribution < -0.4 is 11.1 Å². The van der Waals surface area contributed by atoms with Crippen LogP contribution in [0, 0.1) is 6.92 Å². The summed E-state index contributed by atoms with van der Waals surface area (Å²) in [5, 5.41) is 6.88. The standard InChI is InChI=1S/C10H18N4O/c1-7-5-8(14-15-7)6-12-9(11)13-10(2,3)4/h5H,6H2,1-4H3,(H3,11,12,13). The number of aromatic nitrogens is 1.